The van der Waals surface area contributed by atoms with Gasteiger partial charge in [0.1, 0.15) is 5.75 Å². The van der Waals surface area contributed by atoms with Gasteiger partial charge in [0.2, 0.25) is 0 Å². The normalized spacial score (nSPS) is 11.7. The smallest absolute Gasteiger partial charge is 0.127 e. The molecule has 0 bridgehead atoms. The topological polar surface area (TPSA) is 33.1 Å². The number of phenols is 1. The molecule has 0 aliphatic rings. The first kappa shape index (κ1) is 19.1. The number of halogens is 1. The molecule has 0 fully saturated rings. The summed E-state index contributed by atoms with van der Waals surface area (Å²) in [4.78, 5) is 4.58. The van der Waals surface area contributed by atoms with Crippen LogP contribution in [0.3, 0.4) is 0 Å². The maximum absolute atomic E-state index is 11.4. The largest absolute Gasteiger partial charge is 0.507 e. The second-order valence-corrected chi connectivity index (χ2v) is 8.85. The number of aryl methyl sites for hydroxylation is 2. The summed E-state index contributed by atoms with van der Waals surface area (Å²) in [6, 6.07) is 24.7. The number of aromatic hydroxyl groups is 1. The van der Waals surface area contributed by atoms with Crippen LogP contribution >= 0.6 is 11.6 Å². The van der Waals surface area contributed by atoms with Crippen LogP contribution in [0.2, 0.25) is 5.02 Å². The number of benzene rings is 5. The molecule has 32 heavy (non-hydrogen) atoms. The van der Waals surface area contributed by atoms with Crippen molar-refractivity contribution in [1.82, 2.24) is 4.98 Å². The Morgan fingerprint density at radius 1 is 0.750 bits per heavy atom. The zero-order chi connectivity index (χ0) is 22.0. The van der Waals surface area contributed by atoms with Crippen LogP contribution in [-0.4, -0.2) is 10.1 Å². The molecule has 6 aromatic rings. The van der Waals surface area contributed by atoms with E-state index in [2.05, 4.69) is 54.4 Å². The minimum atomic E-state index is 0.309. The molecule has 0 unspecified atom stereocenters. The van der Waals surface area contributed by atoms with Gasteiger partial charge in [0.15, 0.2) is 0 Å². The van der Waals surface area contributed by atoms with E-state index in [9.17, 15) is 5.11 Å². The molecular weight excluding hydrogens is 414 g/mol. The highest BCUT2D eigenvalue weighted by Crippen LogP contribution is 2.47. The number of phenolic OH excluding ortho intramolecular Hbond substituents is 1. The molecule has 1 N–H and O–H groups in total. The van der Waals surface area contributed by atoms with Gasteiger partial charge >= 0.3 is 0 Å². The minimum absolute atomic E-state index is 0.309. The lowest BCUT2D eigenvalue weighted by molar-refractivity contribution is 0.478. The van der Waals surface area contributed by atoms with Gasteiger partial charge in [-0.25, -0.2) is 0 Å². The molecule has 2 nitrogen and oxygen atoms in total. The molecule has 0 saturated carbocycles. The van der Waals surface area contributed by atoms with E-state index in [0.29, 0.717) is 10.8 Å². The van der Waals surface area contributed by atoms with Crippen LogP contribution in [0.4, 0.5) is 0 Å². The Labute approximate surface area is 191 Å². The minimum Gasteiger partial charge on any atom is -0.507 e. The van der Waals surface area contributed by atoms with Crippen LogP contribution in [0.25, 0.3) is 54.7 Å². The molecular formula is C29H20ClNO. The van der Waals surface area contributed by atoms with E-state index in [1.807, 2.05) is 37.3 Å². The second-order valence-electron chi connectivity index (χ2n) is 8.45. The van der Waals surface area contributed by atoms with Crippen molar-refractivity contribution in [2.24, 2.45) is 0 Å². The molecule has 0 saturated heterocycles. The molecule has 5 aromatic carbocycles. The standard InChI is InChI=1S/C29H20ClNO/c1-16-6-11-24(30)22(13-16)20-14-19-8-7-18-9-10-21(25-5-3-4-12-31-25)26-17(2)29(32)23(15-20)27(19)28(18)26/h3-15,32H,1-2H3. The Morgan fingerprint density at radius 2 is 1.56 bits per heavy atom. The highest BCUT2D eigenvalue weighted by atomic mass is 35.5. The lowest BCUT2D eigenvalue weighted by Crippen LogP contribution is -1.93. The van der Waals surface area contributed by atoms with Gasteiger partial charge in [-0.2, -0.15) is 0 Å². The first-order valence-electron chi connectivity index (χ1n) is 10.6. The summed E-state index contributed by atoms with van der Waals surface area (Å²) in [5, 5.41) is 18.5. The summed E-state index contributed by atoms with van der Waals surface area (Å²) in [7, 11) is 0. The van der Waals surface area contributed by atoms with E-state index in [-0.39, 0.29) is 0 Å². The number of aromatic nitrogens is 1. The fraction of sp³-hybridized carbons (Fsp3) is 0.0690. The van der Waals surface area contributed by atoms with Gasteiger partial charge < -0.3 is 5.11 Å². The molecule has 0 aliphatic heterocycles. The lowest BCUT2D eigenvalue weighted by Gasteiger charge is -2.19. The summed E-state index contributed by atoms with van der Waals surface area (Å²) < 4.78 is 0. The molecule has 154 valence electrons. The van der Waals surface area contributed by atoms with E-state index >= 15 is 0 Å². The zero-order valence-electron chi connectivity index (χ0n) is 17.8. The summed E-state index contributed by atoms with van der Waals surface area (Å²) in [5.41, 5.74) is 5.93. The van der Waals surface area contributed by atoms with E-state index in [1.54, 1.807) is 6.20 Å². The average Bonchev–Trinajstić information content (AvgIpc) is 2.82. The molecule has 6 rings (SSSR count). The second kappa shape index (κ2) is 6.94. The predicted molar refractivity (Wildman–Crippen MR) is 135 cm³/mol. The van der Waals surface area contributed by atoms with Crippen molar-refractivity contribution >= 4 is 43.9 Å². The van der Waals surface area contributed by atoms with Gasteiger partial charge in [-0.1, -0.05) is 53.6 Å². The van der Waals surface area contributed by atoms with Crippen LogP contribution in [0.5, 0.6) is 5.75 Å². The van der Waals surface area contributed by atoms with Crippen molar-refractivity contribution in [1.29, 1.82) is 0 Å². The van der Waals surface area contributed by atoms with E-state index < -0.39 is 0 Å². The van der Waals surface area contributed by atoms with Crippen molar-refractivity contribution < 1.29 is 5.11 Å². The zero-order valence-corrected chi connectivity index (χ0v) is 18.5. The molecule has 0 radical (unpaired) electrons. The Kier molecular flexibility index (Phi) is 4.14. The molecule has 0 aliphatic carbocycles. The van der Waals surface area contributed by atoms with Crippen molar-refractivity contribution in [2.45, 2.75) is 13.8 Å². The van der Waals surface area contributed by atoms with Gasteiger partial charge in [0.05, 0.1) is 5.69 Å². The highest BCUT2D eigenvalue weighted by Gasteiger charge is 2.20. The van der Waals surface area contributed by atoms with Crippen LogP contribution in [0.1, 0.15) is 11.1 Å². The molecule has 3 heteroatoms. The van der Waals surface area contributed by atoms with E-state index in [0.717, 1.165) is 65.8 Å². The quantitative estimate of drug-likeness (QED) is 0.278. The summed E-state index contributed by atoms with van der Waals surface area (Å²) in [5.74, 6) is 0.309. The van der Waals surface area contributed by atoms with Gasteiger partial charge in [0, 0.05) is 33.1 Å². The average molecular weight is 434 g/mol. The molecule has 1 heterocycles. The van der Waals surface area contributed by atoms with Crippen LogP contribution in [0.15, 0.2) is 79.0 Å². The summed E-state index contributed by atoms with van der Waals surface area (Å²) >= 11 is 6.56. The fourth-order valence-corrected chi connectivity index (χ4v) is 5.16. The van der Waals surface area contributed by atoms with Crippen LogP contribution in [-0.2, 0) is 0 Å². The van der Waals surface area contributed by atoms with Crippen molar-refractivity contribution in [3.8, 4) is 28.1 Å². The molecule has 1 aromatic heterocycles. The van der Waals surface area contributed by atoms with Gasteiger partial charge in [0.25, 0.3) is 0 Å². The first-order valence-corrected chi connectivity index (χ1v) is 11.0. The van der Waals surface area contributed by atoms with Crippen LogP contribution < -0.4 is 0 Å². The van der Waals surface area contributed by atoms with Gasteiger partial charge in [-0.15, -0.1) is 0 Å². The Morgan fingerprint density at radius 3 is 2.38 bits per heavy atom. The maximum atomic E-state index is 11.4. The third-order valence-electron chi connectivity index (χ3n) is 6.46. The third-order valence-corrected chi connectivity index (χ3v) is 6.79. The predicted octanol–water partition coefficient (Wildman–Crippen LogP) is 8.29. The fourth-order valence-electron chi connectivity index (χ4n) is 4.93. The molecule has 0 spiro atoms. The molecule has 0 atom stereocenters. The van der Waals surface area contributed by atoms with Gasteiger partial charge in [-0.3, -0.25) is 4.98 Å². The Balaban J connectivity index is 1.77. The monoisotopic (exact) mass is 433 g/mol. The Bertz CT molecular complexity index is 1650. The SMILES string of the molecule is Cc1ccc(Cl)c(-c2cc3ccc4ccc(-c5ccccn5)c5c(C)c(O)c(c2)c3c45)c1. The third kappa shape index (κ3) is 2.70. The number of nitrogens with zero attached hydrogens (tertiary/aromatic N) is 1. The maximum Gasteiger partial charge on any atom is 0.127 e. The summed E-state index contributed by atoms with van der Waals surface area (Å²) in [6.45, 7) is 4.05. The van der Waals surface area contributed by atoms with Crippen molar-refractivity contribution in [2.75, 3.05) is 0 Å². The van der Waals surface area contributed by atoms with Crippen molar-refractivity contribution in [3.05, 3.63) is 95.1 Å². The van der Waals surface area contributed by atoms with Crippen LogP contribution in [0, 0.1) is 13.8 Å². The first-order chi connectivity index (χ1) is 15.5. The highest BCUT2D eigenvalue weighted by molar-refractivity contribution is 6.34. The number of hydrogen-bond donors (Lipinski definition) is 1. The van der Waals surface area contributed by atoms with Crippen molar-refractivity contribution in [3.63, 3.8) is 0 Å². The lowest BCUT2D eigenvalue weighted by atomic mass is 9.86. The van der Waals surface area contributed by atoms with Gasteiger partial charge in [-0.05, 0) is 82.9 Å². The van der Waals surface area contributed by atoms with E-state index in [1.165, 1.54) is 0 Å². The Hall–Kier alpha value is -3.62. The van der Waals surface area contributed by atoms with E-state index in [4.69, 9.17) is 11.6 Å². The number of rotatable bonds is 2. The molecule has 0 amide bonds. The summed E-state index contributed by atoms with van der Waals surface area (Å²) in [6.07, 6.45) is 1.81. The number of hydrogen-bond acceptors (Lipinski definition) is 2. The number of pyridine rings is 1.